The van der Waals surface area contributed by atoms with E-state index in [1.807, 2.05) is 0 Å². The van der Waals surface area contributed by atoms with Crippen molar-refractivity contribution in [2.24, 2.45) is 0 Å². The van der Waals surface area contributed by atoms with E-state index in [1.54, 1.807) is 43.5 Å². The summed E-state index contributed by atoms with van der Waals surface area (Å²) in [5.74, 6) is 0.476. The minimum Gasteiger partial charge on any atom is -0.385 e. The zero-order chi connectivity index (χ0) is 16.5. The van der Waals surface area contributed by atoms with Crippen LogP contribution in [0.1, 0.15) is 22.3 Å². The van der Waals surface area contributed by atoms with Crippen molar-refractivity contribution in [3.8, 4) is 6.07 Å². The summed E-state index contributed by atoms with van der Waals surface area (Å²) in [4.78, 5) is 16.1. The summed E-state index contributed by atoms with van der Waals surface area (Å²) in [6, 6.07) is 12.6. The Bertz CT molecular complexity index is 675. The topological polar surface area (TPSA) is 87.0 Å². The number of hydrogen-bond acceptors (Lipinski definition) is 5. The molecule has 0 saturated carbocycles. The van der Waals surface area contributed by atoms with Gasteiger partial charge >= 0.3 is 0 Å². The quantitative estimate of drug-likeness (QED) is 0.767. The number of methoxy groups -OCH3 is 1. The Morgan fingerprint density at radius 1 is 1.26 bits per heavy atom. The van der Waals surface area contributed by atoms with E-state index < -0.39 is 0 Å². The molecular formula is C17H18N4O2. The Morgan fingerprint density at radius 3 is 2.65 bits per heavy atom. The summed E-state index contributed by atoms with van der Waals surface area (Å²) in [6.45, 7) is 1.18. The second kappa shape index (κ2) is 8.51. The normalized spacial score (nSPS) is 9.91. The summed E-state index contributed by atoms with van der Waals surface area (Å²) in [7, 11) is 1.63. The zero-order valence-electron chi connectivity index (χ0n) is 12.9. The van der Waals surface area contributed by atoms with Crippen LogP contribution in [-0.4, -0.2) is 31.2 Å². The highest BCUT2D eigenvalue weighted by molar-refractivity contribution is 5.94. The first-order chi connectivity index (χ1) is 11.2. The first kappa shape index (κ1) is 16.5. The van der Waals surface area contributed by atoms with Gasteiger partial charge in [0, 0.05) is 32.1 Å². The zero-order valence-corrected chi connectivity index (χ0v) is 12.9. The molecule has 0 aliphatic rings. The number of pyridine rings is 1. The molecule has 0 unspecified atom stereocenters. The lowest BCUT2D eigenvalue weighted by Gasteiger charge is -2.07. The molecule has 6 nitrogen and oxygen atoms in total. The maximum absolute atomic E-state index is 11.9. The van der Waals surface area contributed by atoms with Crippen molar-refractivity contribution in [2.45, 2.75) is 6.42 Å². The van der Waals surface area contributed by atoms with Crippen LogP contribution >= 0.6 is 0 Å². The number of amides is 1. The molecule has 2 aromatic rings. The van der Waals surface area contributed by atoms with Crippen LogP contribution in [0, 0.1) is 11.3 Å². The van der Waals surface area contributed by atoms with Gasteiger partial charge in [0.15, 0.2) is 0 Å². The highest BCUT2D eigenvalue weighted by atomic mass is 16.5. The molecule has 0 atom stereocenters. The maximum Gasteiger partial charge on any atom is 0.252 e. The average molecular weight is 310 g/mol. The molecule has 1 aromatic carbocycles. The van der Waals surface area contributed by atoms with Crippen LogP contribution in [0.4, 0.5) is 11.5 Å². The molecule has 0 radical (unpaired) electrons. The largest absolute Gasteiger partial charge is 0.385 e. The standard InChI is InChI=1S/C17H18N4O2/c1-23-10-2-9-19-17(22)14-5-8-16(20-12-14)21-15-6-3-13(11-18)4-7-15/h3-8,12H,2,9-10H2,1H3,(H,19,22)(H,20,21). The van der Waals surface area contributed by atoms with Crippen LogP contribution in [0.5, 0.6) is 0 Å². The van der Waals surface area contributed by atoms with Gasteiger partial charge in [0.2, 0.25) is 0 Å². The van der Waals surface area contributed by atoms with E-state index in [0.717, 1.165) is 12.1 Å². The van der Waals surface area contributed by atoms with E-state index in [-0.39, 0.29) is 5.91 Å². The Labute approximate surface area is 135 Å². The highest BCUT2D eigenvalue weighted by Crippen LogP contribution is 2.15. The third kappa shape index (κ3) is 5.09. The first-order valence-corrected chi connectivity index (χ1v) is 7.23. The van der Waals surface area contributed by atoms with Crippen molar-refractivity contribution >= 4 is 17.4 Å². The number of nitrogens with zero attached hydrogens (tertiary/aromatic N) is 2. The number of aromatic nitrogens is 1. The Hall–Kier alpha value is -2.91. The molecular weight excluding hydrogens is 292 g/mol. The van der Waals surface area contributed by atoms with Crippen molar-refractivity contribution in [3.63, 3.8) is 0 Å². The van der Waals surface area contributed by atoms with E-state index >= 15 is 0 Å². The Balaban J connectivity index is 1.90. The van der Waals surface area contributed by atoms with Crippen LogP contribution in [0.2, 0.25) is 0 Å². The number of nitriles is 1. The number of ether oxygens (including phenoxy) is 1. The summed E-state index contributed by atoms with van der Waals surface area (Å²) < 4.78 is 4.93. The minimum atomic E-state index is -0.154. The molecule has 0 aliphatic heterocycles. The second-order valence-corrected chi connectivity index (χ2v) is 4.85. The molecule has 0 bridgehead atoms. The SMILES string of the molecule is COCCCNC(=O)c1ccc(Nc2ccc(C#N)cc2)nc1. The summed E-state index contributed by atoms with van der Waals surface area (Å²) in [5, 5.41) is 14.7. The fraction of sp³-hybridized carbons (Fsp3) is 0.235. The van der Waals surface area contributed by atoms with Gasteiger partial charge in [0.1, 0.15) is 5.82 Å². The van der Waals surface area contributed by atoms with E-state index in [9.17, 15) is 4.79 Å². The fourth-order valence-corrected chi connectivity index (χ4v) is 1.90. The van der Waals surface area contributed by atoms with Crippen molar-refractivity contribution in [2.75, 3.05) is 25.6 Å². The van der Waals surface area contributed by atoms with Gasteiger partial charge < -0.3 is 15.4 Å². The van der Waals surface area contributed by atoms with Gasteiger partial charge in [-0.05, 0) is 42.8 Å². The number of rotatable bonds is 7. The van der Waals surface area contributed by atoms with E-state index in [0.29, 0.717) is 30.1 Å². The van der Waals surface area contributed by atoms with Crippen molar-refractivity contribution in [1.82, 2.24) is 10.3 Å². The third-order valence-corrected chi connectivity index (χ3v) is 3.12. The molecule has 0 spiro atoms. The molecule has 23 heavy (non-hydrogen) atoms. The van der Waals surface area contributed by atoms with Crippen LogP contribution in [-0.2, 0) is 4.74 Å². The number of nitrogens with one attached hydrogen (secondary N) is 2. The molecule has 0 saturated heterocycles. The van der Waals surface area contributed by atoms with Gasteiger partial charge in [-0.1, -0.05) is 0 Å². The molecule has 118 valence electrons. The second-order valence-electron chi connectivity index (χ2n) is 4.85. The van der Waals surface area contributed by atoms with Gasteiger partial charge in [-0.15, -0.1) is 0 Å². The Morgan fingerprint density at radius 2 is 2.04 bits per heavy atom. The fourth-order valence-electron chi connectivity index (χ4n) is 1.90. The summed E-state index contributed by atoms with van der Waals surface area (Å²) in [6.07, 6.45) is 2.30. The van der Waals surface area contributed by atoms with E-state index in [2.05, 4.69) is 21.7 Å². The number of carbonyl (C=O) groups is 1. The smallest absolute Gasteiger partial charge is 0.252 e. The maximum atomic E-state index is 11.9. The number of carbonyl (C=O) groups excluding carboxylic acids is 1. The van der Waals surface area contributed by atoms with Gasteiger partial charge in [-0.2, -0.15) is 5.26 Å². The van der Waals surface area contributed by atoms with Crippen LogP contribution in [0.25, 0.3) is 0 Å². The van der Waals surface area contributed by atoms with Gasteiger partial charge in [0.25, 0.3) is 5.91 Å². The summed E-state index contributed by atoms with van der Waals surface area (Å²) in [5.41, 5.74) is 1.94. The van der Waals surface area contributed by atoms with Gasteiger partial charge in [-0.3, -0.25) is 4.79 Å². The molecule has 0 fully saturated rings. The lowest BCUT2D eigenvalue weighted by Crippen LogP contribution is -2.25. The predicted octanol–water partition coefficient (Wildman–Crippen LogP) is 2.46. The third-order valence-electron chi connectivity index (χ3n) is 3.12. The average Bonchev–Trinajstić information content (AvgIpc) is 2.60. The molecule has 1 amide bonds. The molecule has 6 heteroatoms. The van der Waals surface area contributed by atoms with Crippen LogP contribution < -0.4 is 10.6 Å². The molecule has 1 aromatic heterocycles. The van der Waals surface area contributed by atoms with Crippen LogP contribution in [0.15, 0.2) is 42.6 Å². The lowest BCUT2D eigenvalue weighted by molar-refractivity contribution is 0.0948. The van der Waals surface area contributed by atoms with E-state index in [4.69, 9.17) is 10.00 Å². The number of hydrogen-bond donors (Lipinski definition) is 2. The van der Waals surface area contributed by atoms with Crippen molar-refractivity contribution in [1.29, 1.82) is 5.26 Å². The molecule has 0 aliphatic carbocycles. The molecule has 2 N–H and O–H groups in total. The molecule has 1 heterocycles. The van der Waals surface area contributed by atoms with Gasteiger partial charge in [0.05, 0.1) is 17.2 Å². The van der Waals surface area contributed by atoms with E-state index in [1.165, 1.54) is 6.20 Å². The predicted molar refractivity (Wildman–Crippen MR) is 87.5 cm³/mol. The number of anilines is 2. The lowest BCUT2D eigenvalue weighted by atomic mass is 10.2. The van der Waals surface area contributed by atoms with Crippen molar-refractivity contribution in [3.05, 3.63) is 53.7 Å². The van der Waals surface area contributed by atoms with Crippen LogP contribution in [0.3, 0.4) is 0 Å². The molecule has 2 rings (SSSR count). The first-order valence-electron chi connectivity index (χ1n) is 7.23. The summed E-state index contributed by atoms with van der Waals surface area (Å²) >= 11 is 0. The van der Waals surface area contributed by atoms with Crippen molar-refractivity contribution < 1.29 is 9.53 Å². The monoisotopic (exact) mass is 310 g/mol. The van der Waals surface area contributed by atoms with Gasteiger partial charge in [-0.25, -0.2) is 4.98 Å². The Kier molecular flexibility index (Phi) is 6.09. The highest BCUT2D eigenvalue weighted by Gasteiger charge is 2.05. The minimum absolute atomic E-state index is 0.154. The number of benzene rings is 1.